The summed E-state index contributed by atoms with van der Waals surface area (Å²) in [6, 6.07) is 11.2. The highest BCUT2D eigenvalue weighted by molar-refractivity contribution is 6.19. The predicted octanol–water partition coefficient (Wildman–Crippen LogP) is 3.32. The van der Waals surface area contributed by atoms with E-state index in [1.807, 2.05) is 52.0 Å². The van der Waals surface area contributed by atoms with Crippen LogP contribution in [0.4, 0.5) is 11.4 Å². The molecule has 2 aromatic carbocycles. The number of aryl methyl sites for hydroxylation is 4. The molecule has 0 aliphatic carbocycles. The van der Waals surface area contributed by atoms with Gasteiger partial charge in [0, 0.05) is 11.4 Å². The van der Waals surface area contributed by atoms with Gasteiger partial charge in [0.2, 0.25) is 11.8 Å². The summed E-state index contributed by atoms with van der Waals surface area (Å²) in [5.74, 6) is -2.38. The number of hydrogen-bond donors (Lipinski definition) is 2. The summed E-state index contributed by atoms with van der Waals surface area (Å²) in [4.78, 5) is 25.4. The van der Waals surface area contributed by atoms with Crippen LogP contribution in [0.3, 0.4) is 0 Å². The topological polar surface area (TPSA) is 84.3 Å². The largest absolute Gasteiger partial charge is 0.624 e. The minimum Gasteiger partial charge on any atom is -0.624 e. The molecule has 27 heavy (non-hydrogen) atoms. The molecule has 6 nitrogen and oxygen atoms in total. The van der Waals surface area contributed by atoms with Crippen LogP contribution >= 0.6 is 0 Å². The van der Waals surface area contributed by atoms with E-state index in [0.29, 0.717) is 16.1 Å². The van der Waals surface area contributed by atoms with Crippen molar-refractivity contribution in [2.24, 2.45) is 5.92 Å². The molecule has 2 N–H and O–H groups in total. The number of anilines is 2. The van der Waals surface area contributed by atoms with Gasteiger partial charge < -0.3 is 15.8 Å². The van der Waals surface area contributed by atoms with Gasteiger partial charge >= 0.3 is 0 Å². The first-order chi connectivity index (χ1) is 12.7. The molecule has 0 aromatic heterocycles. The summed E-state index contributed by atoms with van der Waals surface area (Å²) in [6.07, 6.45) is 1.05. The van der Waals surface area contributed by atoms with Crippen molar-refractivity contribution < 1.29 is 14.3 Å². The lowest BCUT2D eigenvalue weighted by atomic mass is 10.1. The molecule has 0 radical (unpaired) electrons. The summed E-state index contributed by atoms with van der Waals surface area (Å²) >= 11 is 0. The third-order valence-corrected chi connectivity index (χ3v) is 4.20. The number of nitrogens with one attached hydrogen (secondary N) is 2. The van der Waals surface area contributed by atoms with Crippen molar-refractivity contribution in [3.8, 4) is 0 Å². The fourth-order valence-corrected chi connectivity index (χ4v) is 2.79. The van der Waals surface area contributed by atoms with E-state index in [9.17, 15) is 14.8 Å². The van der Waals surface area contributed by atoms with Crippen molar-refractivity contribution in [2.75, 3.05) is 17.7 Å². The molecule has 0 heterocycles. The van der Waals surface area contributed by atoms with Crippen LogP contribution in [0.1, 0.15) is 22.3 Å². The average Bonchev–Trinajstić information content (AvgIpc) is 2.57. The fourth-order valence-electron chi connectivity index (χ4n) is 2.79. The Bertz CT molecular complexity index is 834. The van der Waals surface area contributed by atoms with Gasteiger partial charge in [-0.3, -0.25) is 9.59 Å². The van der Waals surface area contributed by atoms with Gasteiger partial charge in [-0.25, -0.2) is 4.74 Å². The summed E-state index contributed by atoms with van der Waals surface area (Å²) < 4.78 is 0.466. The molecule has 0 fully saturated rings. The highest BCUT2D eigenvalue weighted by Crippen LogP contribution is 2.19. The zero-order valence-electron chi connectivity index (χ0n) is 16.3. The molecule has 0 atom stereocenters. The van der Waals surface area contributed by atoms with Gasteiger partial charge in [0.25, 0.3) is 0 Å². The Balaban J connectivity index is 2.24. The third-order valence-electron chi connectivity index (χ3n) is 4.20. The summed E-state index contributed by atoms with van der Waals surface area (Å²) in [6.45, 7) is 7.66. The second-order valence-electron chi connectivity index (χ2n) is 6.79. The highest BCUT2D eigenvalue weighted by Gasteiger charge is 2.29. The Hall–Kier alpha value is -3.15. The second-order valence-corrected chi connectivity index (χ2v) is 6.79. The Morgan fingerprint density at radius 2 is 1.30 bits per heavy atom. The van der Waals surface area contributed by atoms with E-state index in [-0.39, 0.29) is 0 Å². The molecule has 0 aliphatic rings. The van der Waals surface area contributed by atoms with Crippen LogP contribution < -0.4 is 10.6 Å². The minimum atomic E-state index is -1.26. The lowest BCUT2D eigenvalue weighted by Crippen LogP contribution is -2.36. The molecule has 0 aliphatic heterocycles. The van der Waals surface area contributed by atoms with E-state index >= 15 is 0 Å². The van der Waals surface area contributed by atoms with E-state index in [2.05, 4.69) is 10.6 Å². The van der Waals surface area contributed by atoms with E-state index in [1.54, 1.807) is 12.1 Å². The second kappa shape index (κ2) is 8.49. The Morgan fingerprint density at radius 3 is 1.63 bits per heavy atom. The number of amides is 2. The lowest BCUT2D eigenvalue weighted by molar-refractivity contribution is -0.419. The van der Waals surface area contributed by atoms with Crippen LogP contribution in [0.2, 0.25) is 0 Å². The summed E-state index contributed by atoms with van der Waals surface area (Å²) in [5.41, 5.74) is 5.12. The molecule has 142 valence electrons. The SMILES string of the molecule is Cc1ccc(NC(=O)C(/C=[N+](/C)[O-])C(=O)Nc2ccc(C)cc2C)c(C)c1. The molecular formula is C21H25N3O3. The van der Waals surface area contributed by atoms with E-state index in [0.717, 1.165) is 28.5 Å². The number of carbonyl (C=O) groups excluding carboxylic acids is 2. The molecule has 0 unspecified atom stereocenters. The monoisotopic (exact) mass is 367 g/mol. The number of hydrogen-bond acceptors (Lipinski definition) is 3. The number of nitrogens with zero attached hydrogens (tertiary/aromatic N) is 1. The minimum absolute atomic E-state index is 0.466. The molecule has 0 bridgehead atoms. The standard InChI is InChI=1S/C21H25N3O3/c1-13-6-8-18(15(3)10-13)22-20(25)17(12-24(5)27)21(26)23-19-9-7-14(2)11-16(19)4/h6-12,17H,1-5H3,(H,22,25)(H,23,26)/b24-12-. The Kier molecular flexibility index (Phi) is 6.34. The quantitative estimate of drug-likeness (QED) is 0.279. The van der Waals surface area contributed by atoms with Crippen LogP contribution in [-0.2, 0) is 9.59 Å². The van der Waals surface area contributed by atoms with Crippen molar-refractivity contribution in [3.05, 3.63) is 63.9 Å². The number of hydroxylamine groups is 1. The fraction of sp³-hybridized carbons (Fsp3) is 0.286. The maximum Gasteiger partial charge on any atom is 0.247 e. The number of carbonyl (C=O) groups is 2. The first-order valence-corrected chi connectivity index (χ1v) is 8.68. The molecule has 2 amide bonds. The molecule has 2 aromatic rings. The molecule has 2 rings (SSSR count). The normalized spacial score (nSPS) is 11.4. The van der Waals surface area contributed by atoms with Gasteiger partial charge in [-0.1, -0.05) is 35.4 Å². The van der Waals surface area contributed by atoms with Crippen molar-refractivity contribution in [1.82, 2.24) is 0 Å². The van der Waals surface area contributed by atoms with Crippen LogP contribution in [0, 0.1) is 38.8 Å². The summed E-state index contributed by atoms with van der Waals surface area (Å²) in [5, 5.41) is 17.0. The zero-order chi connectivity index (χ0) is 20.1. The van der Waals surface area contributed by atoms with E-state index < -0.39 is 17.7 Å². The van der Waals surface area contributed by atoms with Gasteiger partial charge in [-0.15, -0.1) is 0 Å². The molecule has 6 heteroatoms. The number of rotatable bonds is 5. The van der Waals surface area contributed by atoms with Crippen molar-refractivity contribution in [3.63, 3.8) is 0 Å². The van der Waals surface area contributed by atoms with Crippen molar-refractivity contribution in [2.45, 2.75) is 27.7 Å². The van der Waals surface area contributed by atoms with Crippen LogP contribution in [0.5, 0.6) is 0 Å². The molecule has 0 saturated carbocycles. The van der Waals surface area contributed by atoms with Gasteiger partial charge in [0.1, 0.15) is 7.05 Å². The molecular weight excluding hydrogens is 342 g/mol. The Morgan fingerprint density at radius 1 is 0.889 bits per heavy atom. The van der Waals surface area contributed by atoms with E-state index in [1.165, 1.54) is 7.05 Å². The maximum absolute atomic E-state index is 12.7. The summed E-state index contributed by atoms with van der Waals surface area (Å²) in [7, 11) is 1.24. The van der Waals surface area contributed by atoms with Gasteiger partial charge in [0.15, 0.2) is 12.1 Å². The number of benzene rings is 2. The lowest BCUT2D eigenvalue weighted by Gasteiger charge is -2.15. The first-order valence-electron chi connectivity index (χ1n) is 8.68. The van der Waals surface area contributed by atoms with Crippen molar-refractivity contribution in [1.29, 1.82) is 0 Å². The smallest absolute Gasteiger partial charge is 0.247 e. The van der Waals surface area contributed by atoms with Crippen LogP contribution in [0.25, 0.3) is 0 Å². The van der Waals surface area contributed by atoms with Gasteiger partial charge in [0.05, 0.1) is 0 Å². The maximum atomic E-state index is 12.7. The predicted molar refractivity (Wildman–Crippen MR) is 108 cm³/mol. The van der Waals surface area contributed by atoms with Crippen molar-refractivity contribution >= 4 is 29.4 Å². The Labute approximate surface area is 159 Å². The zero-order valence-corrected chi connectivity index (χ0v) is 16.3. The molecule has 0 spiro atoms. The first kappa shape index (κ1) is 20.2. The molecule has 0 saturated heterocycles. The highest BCUT2D eigenvalue weighted by atomic mass is 16.5. The van der Waals surface area contributed by atoms with Gasteiger partial charge in [-0.2, -0.15) is 0 Å². The third kappa shape index (κ3) is 5.41. The van der Waals surface area contributed by atoms with Crippen LogP contribution in [-0.4, -0.2) is 29.8 Å². The van der Waals surface area contributed by atoms with E-state index in [4.69, 9.17) is 0 Å². The van der Waals surface area contributed by atoms with Gasteiger partial charge in [-0.05, 0) is 51.0 Å². The van der Waals surface area contributed by atoms with Crippen LogP contribution in [0.15, 0.2) is 36.4 Å². The average molecular weight is 367 g/mol.